The van der Waals surface area contributed by atoms with Gasteiger partial charge in [0.25, 0.3) is 11.9 Å². The highest BCUT2D eigenvalue weighted by Gasteiger charge is 2.23. The number of aromatic nitrogens is 5. The first-order chi connectivity index (χ1) is 11.7. The van der Waals surface area contributed by atoms with Crippen molar-refractivity contribution >= 4 is 11.6 Å². The average molecular weight is 324 g/mol. The summed E-state index contributed by atoms with van der Waals surface area (Å²) in [7, 11) is 3.24. The second-order valence-corrected chi connectivity index (χ2v) is 4.97. The predicted octanol–water partition coefficient (Wildman–Crippen LogP) is 1.48. The highest BCUT2D eigenvalue weighted by atomic mass is 16.5. The van der Waals surface area contributed by atoms with Gasteiger partial charge < -0.3 is 9.64 Å². The first-order valence-electron chi connectivity index (χ1n) is 7.23. The molecule has 3 aromatic rings. The van der Waals surface area contributed by atoms with Crippen LogP contribution in [0.2, 0.25) is 0 Å². The molecule has 0 aliphatic rings. The zero-order valence-corrected chi connectivity index (χ0v) is 13.3. The van der Waals surface area contributed by atoms with Gasteiger partial charge in [0.05, 0.1) is 35.9 Å². The Labute approximate surface area is 138 Å². The number of nitrogens with zero attached hydrogens (tertiary/aromatic N) is 6. The maximum atomic E-state index is 12.8. The van der Waals surface area contributed by atoms with Crippen LogP contribution in [-0.4, -0.2) is 44.8 Å². The summed E-state index contributed by atoms with van der Waals surface area (Å²) >= 11 is 0. The number of hydrogen-bond acceptors (Lipinski definition) is 6. The van der Waals surface area contributed by atoms with E-state index >= 15 is 0 Å². The van der Waals surface area contributed by atoms with Crippen molar-refractivity contribution in [2.45, 2.75) is 6.61 Å². The van der Waals surface area contributed by atoms with Crippen LogP contribution in [0.1, 0.15) is 16.1 Å². The van der Waals surface area contributed by atoms with Gasteiger partial charge in [-0.1, -0.05) is 0 Å². The van der Waals surface area contributed by atoms with Crippen molar-refractivity contribution in [2.24, 2.45) is 0 Å². The first kappa shape index (κ1) is 15.8. The normalized spacial score (nSPS) is 10.6. The van der Waals surface area contributed by atoms with E-state index in [0.717, 1.165) is 0 Å². The summed E-state index contributed by atoms with van der Waals surface area (Å²) in [6.07, 6.45) is 8.01. The van der Waals surface area contributed by atoms with E-state index in [1.165, 1.54) is 15.8 Å². The first-order valence-corrected chi connectivity index (χ1v) is 7.23. The number of pyridine rings is 1. The Morgan fingerprint density at radius 1 is 1.21 bits per heavy atom. The molecule has 0 aliphatic carbocycles. The van der Waals surface area contributed by atoms with Gasteiger partial charge in [-0.2, -0.15) is 9.78 Å². The van der Waals surface area contributed by atoms with Crippen molar-refractivity contribution in [1.29, 1.82) is 0 Å². The molecule has 0 bridgehead atoms. The van der Waals surface area contributed by atoms with Gasteiger partial charge in [0, 0.05) is 32.7 Å². The van der Waals surface area contributed by atoms with Crippen molar-refractivity contribution in [3.8, 4) is 5.95 Å². The molecular formula is C16H16N6O2. The molecule has 0 spiro atoms. The van der Waals surface area contributed by atoms with E-state index in [2.05, 4.69) is 20.1 Å². The van der Waals surface area contributed by atoms with Gasteiger partial charge in [-0.3, -0.25) is 9.78 Å². The number of hydrogen-bond donors (Lipinski definition) is 0. The molecule has 0 radical (unpaired) electrons. The Morgan fingerprint density at radius 3 is 2.67 bits per heavy atom. The molecule has 0 saturated carbocycles. The summed E-state index contributed by atoms with van der Waals surface area (Å²) in [6, 6.07) is 5.30. The Balaban J connectivity index is 1.99. The van der Waals surface area contributed by atoms with E-state index in [9.17, 15) is 4.79 Å². The molecule has 122 valence electrons. The third-order valence-corrected chi connectivity index (χ3v) is 3.46. The molecular weight excluding hydrogens is 308 g/mol. The van der Waals surface area contributed by atoms with Crippen LogP contribution in [0, 0.1) is 0 Å². The number of rotatable bonds is 5. The van der Waals surface area contributed by atoms with Gasteiger partial charge in [0.2, 0.25) is 0 Å². The van der Waals surface area contributed by atoms with Crippen molar-refractivity contribution in [3.63, 3.8) is 0 Å². The minimum Gasteiger partial charge on any atom is -0.378 e. The monoisotopic (exact) mass is 324 g/mol. The van der Waals surface area contributed by atoms with Gasteiger partial charge in [-0.25, -0.2) is 9.97 Å². The highest BCUT2D eigenvalue weighted by molar-refractivity contribution is 6.06. The molecule has 3 aromatic heterocycles. The van der Waals surface area contributed by atoms with Crippen LogP contribution < -0.4 is 4.90 Å². The van der Waals surface area contributed by atoms with E-state index < -0.39 is 0 Å². The molecule has 24 heavy (non-hydrogen) atoms. The third-order valence-electron chi connectivity index (χ3n) is 3.46. The van der Waals surface area contributed by atoms with Gasteiger partial charge in [-0.05, 0) is 18.2 Å². The minimum atomic E-state index is -0.211. The molecule has 0 aliphatic heterocycles. The van der Waals surface area contributed by atoms with Crippen LogP contribution >= 0.6 is 0 Å². The Bertz CT molecular complexity index is 819. The fraction of sp³-hybridized carbons (Fsp3) is 0.188. The SMILES string of the molecule is COCc1c(C(=O)N(C)c2cccnc2)cnn1-c1ncccn1. The molecule has 0 N–H and O–H groups in total. The molecule has 8 nitrogen and oxygen atoms in total. The number of carbonyl (C=O) groups excluding carboxylic acids is 1. The summed E-state index contributed by atoms with van der Waals surface area (Å²) in [5, 5.41) is 4.25. The van der Waals surface area contributed by atoms with Crippen molar-refractivity contribution < 1.29 is 9.53 Å². The predicted molar refractivity (Wildman–Crippen MR) is 86.8 cm³/mol. The van der Waals surface area contributed by atoms with Gasteiger partial charge in [0.1, 0.15) is 0 Å². The summed E-state index contributed by atoms with van der Waals surface area (Å²) in [6.45, 7) is 0.209. The van der Waals surface area contributed by atoms with E-state index in [1.807, 2.05) is 6.07 Å². The average Bonchev–Trinajstić information content (AvgIpc) is 3.06. The summed E-state index contributed by atoms with van der Waals surface area (Å²) in [5.74, 6) is 0.171. The Kier molecular flexibility index (Phi) is 4.57. The molecule has 3 rings (SSSR count). The second kappa shape index (κ2) is 6.97. The van der Waals surface area contributed by atoms with Crippen LogP contribution in [0.3, 0.4) is 0 Å². The fourth-order valence-electron chi connectivity index (χ4n) is 2.25. The lowest BCUT2D eigenvalue weighted by Gasteiger charge is -2.17. The van der Waals surface area contributed by atoms with Crippen LogP contribution in [0.5, 0.6) is 0 Å². The van der Waals surface area contributed by atoms with Crippen LogP contribution in [0.25, 0.3) is 5.95 Å². The van der Waals surface area contributed by atoms with Gasteiger partial charge in [-0.15, -0.1) is 0 Å². The maximum Gasteiger partial charge on any atom is 0.261 e. The molecule has 3 heterocycles. The molecule has 0 fully saturated rings. The van der Waals surface area contributed by atoms with E-state index in [1.54, 1.807) is 51.1 Å². The summed E-state index contributed by atoms with van der Waals surface area (Å²) in [4.78, 5) is 26.7. The number of amides is 1. The van der Waals surface area contributed by atoms with Crippen LogP contribution in [-0.2, 0) is 11.3 Å². The topological polar surface area (TPSA) is 86.0 Å². The molecule has 8 heteroatoms. The number of methoxy groups -OCH3 is 1. The molecule has 0 unspecified atom stereocenters. The molecule has 0 atom stereocenters. The lowest BCUT2D eigenvalue weighted by Crippen LogP contribution is -2.27. The third kappa shape index (κ3) is 2.99. The standard InChI is InChI=1S/C16H16N6O2/c1-21(12-5-3-6-17-9-12)15(23)13-10-20-22(14(13)11-24-2)16-18-7-4-8-19-16/h3-10H,11H2,1-2H3. The lowest BCUT2D eigenvalue weighted by atomic mass is 10.2. The highest BCUT2D eigenvalue weighted by Crippen LogP contribution is 2.18. The molecule has 1 amide bonds. The maximum absolute atomic E-state index is 12.8. The molecule has 0 saturated heterocycles. The molecule has 0 aromatic carbocycles. The van der Waals surface area contributed by atoms with Gasteiger partial charge in [0.15, 0.2) is 0 Å². The van der Waals surface area contributed by atoms with E-state index in [-0.39, 0.29) is 12.5 Å². The number of anilines is 1. The zero-order chi connectivity index (χ0) is 16.9. The van der Waals surface area contributed by atoms with Crippen LogP contribution in [0.15, 0.2) is 49.2 Å². The summed E-state index contributed by atoms with van der Waals surface area (Å²) < 4.78 is 6.73. The van der Waals surface area contributed by atoms with Crippen LogP contribution in [0.4, 0.5) is 5.69 Å². The number of ether oxygens (including phenoxy) is 1. The zero-order valence-electron chi connectivity index (χ0n) is 13.3. The quantitative estimate of drug-likeness (QED) is 0.706. The number of carbonyl (C=O) groups is 1. The Hall–Kier alpha value is -3.13. The van der Waals surface area contributed by atoms with E-state index in [0.29, 0.717) is 22.9 Å². The minimum absolute atomic E-state index is 0.209. The van der Waals surface area contributed by atoms with Crippen molar-refractivity contribution in [3.05, 3.63) is 60.4 Å². The Morgan fingerprint density at radius 2 is 2.00 bits per heavy atom. The summed E-state index contributed by atoms with van der Waals surface area (Å²) in [5.41, 5.74) is 1.70. The van der Waals surface area contributed by atoms with E-state index in [4.69, 9.17) is 4.74 Å². The second-order valence-electron chi connectivity index (χ2n) is 4.97. The van der Waals surface area contributed by atoms with Crippen molar-refractivity contribution in [2.75, 3.05) is 19.1 Å². The van der Waals surface area contributed by atoms with Crippen molar-refractivity contribution in [1.82, 2.24) is 24.7 Å². The lowest BCUT2D eigenvalue weighted by molar-refractivity contribution is 0.0987. The largest absolute Gasteiger partial charge is 0.378 e. The smallest absolute Gasteiger partial charge is 0.261 e. The fourth-order valence-corrected chi connectivity index (χ4v) is 2.25. The van der Waals surface area contributed by atoms with Gasteiger partial charge >= 0.3 is 0 Å².